The first-order valence-corrected chi connectivity index (χ1v) is 9.13. The second kappa shape index (κ2) is 7.46. The molecule has 2 heterocycles. The predicted molar refractivity (Wildman–Crippen MR) is 103 cm³/mol. The number of aryl methyl sites for hydroxylation is 1. The molecule has 3 aromatic rings. The third-order valence-corrected chi connectivity index (χ3v) is 4.82. The number of carbonyl (C=O) groups is 2. The summed E-state index contributed by atoms with van der Waals surface area (Å²) < 4.78 is 29.1. The Balaban J connectivity index is 1.45. The highest BCUT2D eigenvalue weighted by Crippen LogP contribution is 2.27. The van der Waals surface area contributed by atoms with Gasteiger partial charge in [0.25, 0.3) is 5.91 Å². The van der Waals surface area contributed by atoms with Crippen molar-refractivity contribution < 1.29 is 18.4 Å². The van der Waals surface area contributed by atoms with E-state index in [2.05, 4.69) is 10.4 Å². The van der Waals surface area contributed by atoms with Crippen LogP contribution >= 0.6 is 0 Å². The molecule has 0 unspecified atom stereocenters. The maximum absolute atomic E-state index is 14.0. The molecule has 0 atom stereocenters. The fraction of sp³-hybridized carbons (Fsp3) is 0.190. The molecule has 8 heteroatoms. The molecule has 2 aromatic carbocycles. The SMILES string of the molecule is Cc1cc(C(=O)NCCN2C(=O)Cc3ccccc32)nn1-c1c(F)cccc1F. The van der Waals surface area contributed by atoms with E-state index in [4.69, 9.17) is 0 Å². The lowest BCUT2D eigenvalue weighted by molar-refractivity contribution is -0.117. The van der Waals surface area contributed by atoms with Crippen molar-refractivity contribution in [3.05, 3.63) is 77.1 Å². The average Bonchev–Trinajstić information content (AvgIpc) is 3.22. The summed E-state index contributed by atoms with van der Waals surface area (Å²) in [5, 5.41) is 6.75. The Morgan fingerprint density at radius 2 is 1.86 bits per heavy atom. The van der Waals surface area contributed by atoms with E-state index in [-0.39, 0.29) is 23.8 Å². The van der Waals surface area contributed by atoms with Gasteiger partial charge in [-0.1, -0.05) is 24.3 Å². The van der Waals surface area contributed by atoms with Crippen LogP contribution < -0.4 is 10.2 Å². The number of halogens is 2. The fourth-order valence-corrected chi connectivity index (χ4v) is 3.44. The van der Waals surface area contributed by atoms with Crippen LogP contribution in [0.3, 0.4) is 0 Å². The third-order valence-electron chi connectivity index (χ3n) is 4.82. The van der Waals surface area contributed by atoms with Crippen molar-refractivity contribution in [1.29, 1.82) is 0 Å². The summed E-state index contributed by atoms with van der Waals surface area (Å²) in [6.07, 6.45) is 0.349. The molecular formula is C21H18F2N4O2. The van der Waals surface area contributed by atoms with Crippen LogP contribution in [0.1, 0.15) is 21.7 Å². The molecule has 148 valence electrons. The van der Waals surface area contributed by atoms with E-state index in [1.165, 1.54) is 12.1 Å². The largest absolute Gasteiger partial charge is 0.349 e. The Morgan fingerprint density at radius 3 is 2.62 bits per heavy atom. The van der Waals surface area contributed by atoms with Crippen LogP contribution in [-0.4, -0.2) is 34.7 Å². The molecule has 0 bridgehead atoms. The molecule has 0 aliphatic carbocycles. The van der Waals surface area contributed by atoms with E-state index >= 15 is 0 Å². The molecule has 2 amide bonds. The van der Waals surface area contributed by atoms with Gasteiger partial charge >= 0.3 is 0 Å². The third kappa shape index (κ3) is 3.49. The smallest absolute Gasteiger partial charge is 0.271 e. The zero-order valence-corrected chi connectivity index (χ0v) is 15.7. The molecular weight excluding hydrogens is 378 g/mol. The van der Waals surface area contributed by atoms with Gasteiger partial charge in [-0.2, -0.15) is 5.10 Å². The van der Waals surface area contributed by atoms with E-state index < -0.39 is 17.5 Å². The molecule has 0 fully saturated rings. The fourth-order valence-electron chi connectivity index (χ4n) is 3.44. The normalized spacial score (nSPS) is 12.9. The minimum atomic E-state index is -0.769. The van der Waals surface area contributed by atoms with Gasteiger partial charge in [0.1, 0.15) is 5.69 Å². The summed E-state index contributed by atoms with van der Waals surface area (Å²) in [4.78, 5) is 26.2. The van der Waals surface area contributed by atoms with Gasteiger partial charge in [0, 0.05) is 24.5 Å². The van der Waals surface area contributed by atoms with Crippen LogP contribution in [0.15, 0.2) is 48.5 Å². The van der Waals surface area contributed by atoms with Crippen LogP contribution in [-0.2, 0) is 11.2 Å². The minimum absolute atomic E-state index is 0.0180. The molecule has 0 saturated heterocycles. The Bertz CT molecular complexity index is 1090. The molecule has 1 aromatic heterocycles. The highest BCUT2D eigenvalue weighted by molar-refractivity contribution is 6.01. The second-order valence-corrected chi connectivity index (χ2v) is 6.76. The van der Waals surface area contributed by atoms with Gasteiger partial charge in [0.15, 0.2) is 17.3 Å². The Morgan fingerprint density at radius 1 is 1.14 bits per heavy atom. The Labute approximate surface area is 165 Å². The standard InChI is InChI=1S/C21H18F2N4O2/c1-13-11-17(25-27(13)20-15(22)6-4-7-16(20)23)21(29)24-9-10-26-18-8-3-2-5-14(18)12-19(26)28/h2-8,11H,9-10,12H2,1H3,(H,24,29). The van der Waals surface area contributed by atoms with E-state index in [1.807, 2.05) is 24.3 Å². The quantitative estimate of drug-likeness (QED) is 0.721. The number of hydrogen-bond acceptors (Lipinski definition) is 3. The maximum atomic E-state index is 14.0. The summed E-state index contributed by atoms with van der Waals surface area (Å²) in [7, 11) is 0. The van der Waals surface area contributed by atoms with Crippen molar-refractivity contribution in [1.82, 2.24) is 15.1 Å². The Hall–Kier alpha value is -3.55. The van der Waals surface area contributed by atoms with E-state index in [1.54, 1.807) is 11.8 Å². The van der Waals surface area contributed by atoms with Crippen molar-refractivity contribution in [2.24, 2.45) is 0 Å². The van der Waals surface area contributed by atoms with Crippen LogP contribution in [0, 0.1) is 18.6 Å². The number of rotatable bonds is 5. The maximum Gasteiger partial charge on any atom is 0.271 e. The summed E-state index contributed by atoms with van der Waals surface area (Å²) in [6.45, 7) is 2.15. The Kier molecular flexibility index (Phi) is 4.84. The molecule has 4 rings (SSSR count). The molecule has 0 radical (unpaired) electrons. The summed E-state index contributed by atoms with van der Waals surface area (Å²) >= 11 is 0. The number of hydrogen-bond donors (Lipinski definition) is 1. The molecule has 1 aliphatic rings. The first-order chi connectivity index (χ1) is 14.0. The number of aromatic nitrogens is 2. The van der Waals surface area contributed by atoms with Crippen LogP contribution in [0.5, 0.6) is 0 Å². The summed E-state index contributed by atoms with van der Waals surface area (Å²) in [6, 6.07) is 12.5. The lowest BCUT2D eigenvalue weighted by Crippen LogP contribution is -2.36. The molecule has 29 heavy (non-hydrogen) atoms. The number of para-hydroxylation sites is 2. The zero-order chi connectivity index (χ0) is 20.5. The number of nitrogens with one attached hydrogen (secondary N) is 1. The van der Waals surface area contributed by atoms with Crippen molar-refractivity contribution >= 4 is 17.5 Å². The molecule has 6 nitrogen and oxygen atoms in total. The van der Waals surface area contributed by atoms with Crippen LogP contribution in [0.4, 0.5) is 14.5 Å². The molecule has 0 saturated carbocycles. The monoisotopic (exact) mass is 396 g/mol. The number of fused-ring (bicyclic) bond motifs is 1. The van der Waals surface area contributed by atoms with E-state index in [9.17, 15) is 18.4 Å². The zero-order valence-electron chi connectivity index (χ0n) is 15.7. The van der Waals surface area contributed by atoms with Gasteiger partial charge in [0.05, 0.1) is 6.42 Å². The minimum Gasteiger partial charge on any atom is -0.349 e. The van der Waals surface area contributed by atoms with Gasteiger partial charge in [-0.15, -0.1) is 0 Å². The van der Waals surface area contributed by atoms with Crippen molar-refractivity contribution in [3.8, 4) is 5.69 Å². The number of benzene rings is 2. The van der Waals surface area contributed by atoms with Gasteiger partial charge < -0.3 is 10.2 Å². The summed E-state index contributed by atoms with van der Waals surface area (Å²) in [5.74, 6) is -2.04. The first kappa shape index (κ1) is 18.8. The average molecular weight is 396 g/mol. The highest BCUT2D eigenvalue weighted by Gasteiger charge is 2.26. The van der Waals surface area contributed by atoms with Gasteiger partial charge in [-0.3, -0.25) is 9.59 Å². The lowest BCUT2D eigenvalue weighted by Gasteiger charge is -2.17. The lowest BCUT2D eigenvalue weighted by atomic mass is 10.2. The number of carbonyl (C=O) groups excluding carboxylic acids is 2. The number of nitrogens with zero attached hydrogens (tertiary/aromatic N) is 3. The van der Waals surface area contributed by atoms with Gasteiger partial charge in [-0.25, -0.2) is 13.5 Å². The number of amides is 2. The highest BCUT2D eigenvalue weighted by atomic mass is 19.1. The molecule has 0 spiro atoms. The second-order valence-electron chi connectivity index (χ2n) is 6.76. The number of anilines is 1. The topological polar surface area (TPSA) is 67.2 Å². The van der Waals surface area contributed by atoms with Crippen molar-refractivity contribution in [2.45, 2.75) is 13.3 Å². The predicted octanol–water partition coefficient (Wildman–Crippen LogP) is 2.78. The van der Waals surface area contributed by atoms with Crippen molar-refractivity contribution in [3.63, 3.8) is 0 Å². The van der Waals surface area contributed by atoms with E-state index in [0.717, 1.165) is 28.1 Å². The van der Waals surface area contributed by atoms with E-state index in [0.29, 0.717) is 18.7 Å². The molecule has 1 N–H and O–H groups in total. The van der Waals surface area contributed by atoms with Gasteiger partial charge in [0.2, 0.25) is 5.91 Å². The van der Waals surface area contributed by atoms with Gasteiger partial charge in [-0.05, 0) is 36.8 Å². The first-order valence-electron chi connectivity index (χ1n) is 9.13. The van der Waals surface area contributed by atoms with Crippen LogP contribution in [0.2, 0.25) is 0 Å². The molecule has 1 aliphatic heterocycles. The van der Waals surface area contributed by atoms with Crippen LogP contribution in [0.25, 0.3) is 5.69 Å². The summed E-state index contributed by atoms with van der Waals surface area (Å²) in [5.41, 5.74) is 1.94. The van der Waals surface area contributed by atoms with Crippen molar-refractivity contribution in [2.75, 3.05) is 18.0 Å².